The molecule has 106 heavy (non-hydrogen) atoms. The number of hydrogen-bond acceptors (Lipinski definition) is 4. The van der Waals surface area contributed by atoms with Crippen LogP contribution in [0.25, 0.3) is 76.2 Å². The van der Waals surface area contributed by atoms with Crippen LogP contribution < -0.4 is 20.0 Å². The van der Waals surface area contributed by atoms with Crippen LogP contribution in [0.15, 0.2) is 381 Å². The molecular formula is C99H67BrN6. The monoisotopic (exact) mass is 1420 g/mol. The summed E-state index contributed by atoms with van der Waals surface area (Å²) in [6.07, 6.45) is 0. The summed E-state index contributed by atoms with van der Waals surface area (Å²) < 4.78 is 5.99. The largest absolute Gasteiger partial charge is 0.355 e. The summed E-state index contributed by atoms with van der Waals surface area (Å²) >= 11 is 3.66. The summed E-state index contributed by atoms with van der Waals surface area (Å²) in [5, 5.41) is 14.1. The fourth-order valence-corrected chi connectivity index (χ4v) is 19.5. The van der Waals surface area contributed by atoms with E-state index in [2.05, 4.69) is 421 Å². The first kappa shape index (κ1) is 61.5. The van der Waals surface area contributed by atoms with Crippen molar-refractivity contribution in [2.45, 2.75) is 18.3 Å². The maximum absolute atomic E-state index is 3.70. The van der Waals surface area contributed by atoms with Crippen molar-refractivity contribution in [2.75, 3.05) is 20.0 Å². The van der Waals surface area contributed by atoms with Gasteiger partial charge in [-0.15, -0.1) is 0 Å². The molecule has 6 nitrogen and oxygen atoms in total. The molecule has 0 bridgehead atoms. The fraction of sp³-hybridized carbons (Fsp3) is 0.0303. The SMILES string of the molecule is Brc1cc2c3ccccc3n3c4ccccc4c(c1)c23.C.c1ccc(N2c3ccccc3C3(c4ccccc42)c2ccccc2N(c2cc4c5ccccc5n5c6ccccc6c(c2)c45)c2ccccc23)cc1.c1ccc(N2c3ccccc3C3(c4ccccc4Nc4ccccc43)c3ccccc32)cc1. The van der Waals surface area contributed by atoms with E-state index in [0.717, 1.165) is 21.5 Å². The van der Waals surface area contributed by atoms with Gasteiger partial charge in [0.25, 0.3) is 0 Å². The zero-order chi connectivity index (χ0) is 69.1. The van der Waals surface area contributed by atoms with Crippen molar-refractivity contribution < 1.29 is 0 Å². The average molecular weight is 1420 g/mol. The second-order valence-corrected chi connectivity index (χ2v) is 28.9. The normalized spacial score (nSPS) is 13.8. The first-order valence-electron chi connectivity index (χ1n) is 36.1. The number of anilines is 11. The molecule has 4 aromatic heterocycles. The van der Waals surface area contributed by atoms with Crippen LogP contribution >= 0.6 is 15.9 Å². The Morgan fingerprint density at radius 3 is 0.774 bits per heavy atom. The number of nitrogens with one attached hydrogen (secondary N) is 1. The second kappa shape index (κ2) is 23.7. The minimum absolute atomic E-state index is 0. The Kier molecular flexibility index (Phi) is 13.7. The molecule has 0 aliphatic carbocycles. The Morgan fingerprint density at radius 2 is 0.453 bits per heavy atom. The first-order chi connectivity index (χ1) is 52.1. The molecule has 24 rings (SSSR count). The van der Waals surface area contributed by atoms with Crippen LogP contribution in [-0.2, 0) is 10.8 Å². The van der Waals surface area contributed by atoms with Crippen molar-refractivity contribution in [2.24, 2.45) is 0 Å². The summed E-state index contributed by atoms with van der Waals surface area (Å²) in [5.74, 6) is 0. The van der Waals surface area contributed by atoms with E-state index in [-0.39, 0.29) is 7.43 Å². The molecule has 7 heteroatoms. The van der Waals surface area contributed by atoms with Crippen molar-refractivity contribution in [3.8, 4) is 0 Å². The van der Waals surface area contributed by atoms with Crippen LogP contribution in [0.4, 0.5) is 62.6 Å². The van der Waals surface area contributed by atoms with Crippen molar-refractivity contribution in [1.82, 2.24) is 8.80 Å². The molecule has 0 saturated heterocycles. The summed E-state index contributed by atoms with van der Waals surface area (Å²) in [6.45, 7) is 0. The lowest BCUT2D eigenvalue weighted by Crippen LogP contribution is -2.41. The molecule has 2 spiro atoms. The van der Waals surface area contributed by atoms with Crippen molar-refractivity contribution in [1.29, 1.82) is 0 Å². The van der Waals surface area contributed by atoms with Gasteiger partial charge in [-0.1, -0.05) is 278 Å². The van der Waals surface area contributed by atoms with E-state index in [9.17, 15) is 0 Å². The number of benzene rings is 16. The van der Waals surface area contributed by atoms with Gasteiger partial charge in [-0.3, -0.25) is 0 Å². The van der Waals surface area contributed by atoms with Gasteiger partial charge in [-0.05, 0) is 166 Å². The van der Waals surface area contributed by atoms with Crippen LogP contribution in [-0.4, -0.2) is 8.80 Å². The van der Waals surface area contributed by atoms with Crippen molar-refractivity contribution >= 4 is 155 Å². The van der Waals surface area contributed by atoms with Crippen LogP contribution in [0.5, 0.6) is 0 Å². The average Bonchev–Trinajstić information content (AvgIpc) is 0.992. The van der Waals surface area contributed by atoms with E-state index in [4.69, 9.17) is 0 Å². The van der Waals surface area contributed by atoms with Crippen molar-refractivity contribution in [3.63, 3.8) is 0 Å². The van der Waals surface area contributed by atoms with Gasteiger partial charge in [0.2, 0.25) is 0 Å². The summed E-state index contributed by atoms with van der Waals surface area (Å²) in [5.41, 5.74) is 30.1. The highest BCUT2D eigenvalue weighted by molar-refractivity contribution is 9.10. The minimum Gasteiger partial charge on any atom is -0.355 e. The Labute approximate surface area is 622 Å². The van der Waals surface area contributed by atoms with Gasteiger partial charge in [-0.2, -0.15) is 0 Å². The van der Waals surface area contributed by atoms with Gasteiger partial charge in [0.15, 0.2) is 0 Å². The lowest BCUT2D eigenvalue weighted by atomic mass is 9.60. The van der Waals surface area contributed by atoms with Crippen LogP contribution in [0.2, 0.25) is 0 Å². The maximum atomic E-state index is 3.70. The van der Waals surface area contributed by atoms with E-state index >= 15 is 0 Å². The maximum Gasteiger partial charge on any atom is 0.0782 e. The lowest BCUT2D eigenvalue weighted by molar-refractivity contribution is 0.719. The third-order valence-corrected chi connectivity index (χ3v) is 23.3. The summed E-state index contributed by atoms with van der Waals surface area (Å²) in [7, 11) is 0. The Morgan fingerprint density at radius 1 is 0.217 bits per heavy atom. The number of hydrogen-bond donors (Lipinski definition) is 1. The summed E-state index contributed by atoms with van der Waals surface area (Å²) in [4.78, 5) is 7.37. The predicted octanol–water partition coefficient (Wildman–Crippen LogP) is 26.9. The lowest BCUT2D eigenvalue weighted by Gasteiger charge is -2.51. The molecule has 0 saturated carbocycles. The highest BCUT2D eigenvalue weighted by Gasteiger charge is 2.53. The molecule has 8 heterocycles. The molecule has 20 aromatic rings. The fourth-order valence-electron chi connectivity index (χ4n) is 19.0. The molecule has 1 N–H and O–H groups in total. The van der Waals surface area contributed by atoms with Crippen LogP contribution in [0, 0.1) is 0 Å². The van der Waals surface area contributed by atoms with Gasteiger partial charge in [0, 0.05) is 76.0 Å². The molecule has 0 unspecified atom stereocenters. The third kappa shape index (κ3) is 8.43. The Hall–Kier alpha value is -13.2. The molecular weight excluding hydrogens is 1350 g/mol. The number of nitrogens with zero attached hydrogens (tertiary/aromatic N) is 5. The predicted molar refractivity (Wildman–Crippen MR) is 448 cm³/mol. The summed E-state index contributed by atoms with van der Waals surface area (Å²) in [6, 6.07) is 137. The van der Waals surface area contributed by atoms with E-state index in [1.54, 1.807) is 0 Å². The third-order valence-electron chi connectivity index (χ3n) is 22.9. The number of rotatable bonds is 3. The number of fused-ring (bicyclic) bond motifs is 28. The van der Waals surface area contributed by atoms with Crippen LogP contribution in [0.3, 0.4) is 0 Å². The molecule has 0 amide bonds. The van der Waals surface area contributed by atoms with Gasteiger partial charge in [0.1, 0.15) is 0 Å². The topological polar surface area (TPSA) is 30.6 Å². The highest BCUT2D eigenvalue weighted by Crippen LogP contribution is 2.66. The molecule has 4 aliphatic rings. The minimum atomic E-state index is -0.550. The van der Waals surface area contributed by atoms with E-state index in [1.165, 1.54) is 166 Å². The zero-order valence-corrected chi connectivity index (χ0v) is 58.5. The van der Waals surface area contributed by atoms with Gasteiger partial charge >= 0.3 is 0 Å². The van der Waals surface area contributed by atoms with Crippen molar-refractivity contribution in [3.05, 3.63) is 425 Å². The molecule has 16 aromatic carbocycles. The van der Waals surface area contributed by atoms with Gasteiger partial charge in [0.05, 0.1) is 78.1 Å². The van der Waals surface area contributed by atoms with Gasteiger partial charge < -0.3 is 28.8 Å². The quantitative estimate of drug-likeness (QED) is 0.191. The standard InChI is InChI=1S/C49H31N3.C31H22N2.C18H10BrN.CH4/c1-2-16-32(17-3-1)50-44-26-12-6-20-38(44)49(39-21-7-13-27-45(39)50)40-22-8-14-28-46(40)51(47-29-15-9-23-41(47)49)33-30-36-34-18-4-10-24-42(34)52-43-25-11-5-19-35(43)37(31-33)48(36)52;1-2-12-22(13-3-1)33-29-20-10-6-16-25(29)31(26-17-7-11-21-30(26)33)23-14-4-8-18-27(23)32-28-19-9-5-15-24(28)31;19-11-9-14-12-5-1-3-7-16(12)20-17-8-4-2-6-13(17)15(10-11)18(14)20;/h1-31H;1-21,32H;1-10H;1H4. The van der Waals surface area contributed by atoms with Gasteiger partial charge in [-0.25, -0.2) is 0 Å². The highest BCUT2D eigenvalue weighted by atomic mass is 79.9. The first-order valence-corrected chi connectivity index (χ1v) is 36.9. The molecule has 0 fully saturated rings. The van der Waals surface area contributed by atoms with E-state index in [1.807, 2.05) is 0 Å². The molecule has 0 atom stereocenters. The second-order valence-electron chi connectivity index (χ2n) is 28.0. The molecule has 0 radical (unpaired) electrons. The zero-order valence-electron chi connectivity index (χ0n) is 56.9. The Balaban J connectivity index is 0.000000113. The Bertz CT molecular complexity index is 6530. The molecule has 4 aliphatic heterocycles. The van der Waals surface area contributed by atoms with E-state index in [0.29, 0.717) is 0 Å². The van der Waals surface area contributed by atoms with E-state index < -0.39 is 10.8 Å². The van der Waals surface area contributed by atoms with Crippen LogP contribution in [0.1, 0.15) is 51.9 Å². The number of halogens is 1. The smallest absolute Gasteiger partial charge is 0.0782 e. The number of para-hydroxylation sites is 14. The number of aromatic nitrogens is 2. The molecule has 500 valence electrons.